The molecule has 1 aromatic heterocycles. The molecule has 0 saturated carbocycles. The lowest BCUT2D eigenvalue weighted by Gasteiger charge is -2.27. The number of anilines is 3. The highest BCUT2D eigenvalue weighted by Crippen LogP contribution is 2.52. The smallest absolute Gasteiger partial charge is 0.0541 e. The number of fused-ring (bicyclic) bond motifs is 6. The maximum absolute atomic E-state index is 2.40. The van der Waals surface area contributed by atoms with Crippen molar-refractivity contribution in [3.05, 3.63) is 182 Å². The van der Waals surface area contributed by atoms with Crippen molar-refractivity contribution in [2.45, 2.75) is 0 Å². The van der Waals surface area contributed by atoms with Gasteiger partial charge in [-0.3, -0.25) is 0 Å². The van der Waals surface area contributed by atoms with E-state index >= 15 is 0 Å². The largest absolute Gasteiger partial charge is 0.310 e. The standard InChI is InChI=1S/C46H30N2/c1-4-13-33(14-5-1)47(34-15-6-2-7-16-34)44-28-26-39-36-25-23-31(29-41(36)38-20-12-21-40(44)46(38)39)32-24-27-45-42(30-32)37-19-10-11-22-43(37)48(45)35-17-8-3-9-18-35/h1-30H. The summed E-state index contributed by atoms with van der Waals surface area (Å²) in [5, 5.41) is 5.11. The lowest BCUT2D eigenvalue weighted by atomic mass is 9.96. The predicted octanol–water partition coefficient (Wildman–Crippen LogP) is 12.7. The van der Waals surface area contributed by atoms with Gasteiger partial charge in [0.2, 0.25) is 0 Å². The fourth-order valence-corrected chi connectivity index (χ4v) is 7.81. The number of rotatable bonds is 5. The van der Waals surface area contributed by atoms with Crippen molar-refractivity contribution in [2.24, 2.45) is 0 Å². The van der Waals surface area contributed by atoms with Crippen molar-refractivity contribution < 1.29 is 0 Å². The third kappa shape index (κ3) is 4.00. The molecule has 2 nitrogen and oxygen atoms in total. The molecule has 0 aliphatic heterocycles. The SMILES string of the molecule is c1ccc(N(c2ccccc2)c2ccc3c4c(cccc24)-c2cc(-c4ccc5c(c4)c4ccccc4n5-c4ccccc4)ccc2-3)cc1. The molecule has 1 aliphatic rings. The summed E-state index contributed by atoms with van der Waals surface area (Å²) in [6.45, 7) is 0. The van der Waals surface area contributed by atoms with Gasteiger partial charge < -0.3 is 9.47 Å². The first-order valence-electron chi connectivity index (χ1n) is 16.5. The second kappa shape index (κ2) is 10.6. The Morgan fingerprint density at radius 2 is 0.938 bits per heavy atom. The number of benzene rings is 8. The van der Waals surface area contributed by atoms with Crippen LogP contribution in [0.3, 0.4) is 0 Å². The van der Waals surface area contributed by atoms with Crippen LogP contribution in [0, 0.1) is 0 Å². The molecule has 0 unspecified atom stereocenters. The molecule has 1 aliphatic carbocycles. The van der Waals surface area contributed by atoms with Gasteiger partial charge in [-0.15, -0.1) is 0 Å². The van der Waals surface area contributed by atoms with E-state index in [0.717, 1.165) is 11.4 Å². The van der Waals surface area contributed by atoms with E-state index in [1.54, 1.807) is 0 Å². The van der Waals surface area contributed by atoms with Gasteiger partial charge in [0.15, 0.2) is 0 Å². The Morgan fingerprint density at radius 3 is 1.71 bits per heavy atom. The second-order valence-electron chi connectivity index (χ2n) is 12.5. The number of hydrogen-bond acceptors (Lipinski definition) is 1. The van der Waals surface area contributed by atoms with Crippen LogP contribution in [0.25, 0.3) is 71.6 Å². The predicted molar refractivity (Wildman–Crippen MR) is 203 cm³/mol. The highest BCUT2D eigenvalue weighted by Gasteiger charge is 2.25. The Hall–Kier alpha value is -6.38. The molecule has 0 amide bonds. The molecule has 1 heterocycles. The molecule has 0 bridgehead atoms. The second-order valence-corrected chi connectivity index (χ2v) is 12.5. The van der Waals surface area contributed by atoms with E-state index in [-0.39, 0.29) is 0 Å². The van der Waals surface area contributed by atoms with Crippen LogP contribution in [0.4, 0.5) is 17.1 Å². The Morgan fingerprint density at radius 1 is 0.354 bits per heavy atom. The third-order valence-electron chi connectivity index (χ3n) is 9.91. The summed E-state index contributed by atoms with van der Waals surface area (Å²) in [7, 11) is 0. The van der Waals surface area contributed by atoms with Gasteiger partial charge >= 0.3 is 0 Å². The summed E-state index contributed by atoms with van der Waals surface area (Å²) in [5.41, 5.74) is 14.7. The van der Waals surface area contributed by atoms with Gasteiger partial charge in [0, 0.05) is 33.2 Å². The molecule has 9 aromatic rings. The van der Waals surface area contributed by atoms with Crippen LogP contribution in [0.15, 0.2) is 182 Å². The highest BCUT2D eigenvalue weighted by atomic mass is 15.1. The molecule has 0 radical (unpaired) electrons. The molecule has 0 fully saturated rings. The van der Waals surface area contributed by atoms with E-state index in [9.17, 15) is 0 Å². The summed E-state index contributed by atoms with van der Waals surface area (Å²) in [5.74, 6) is 0. The van der Waals surface area contributed by atoms with Crippen LogP contribution in [0.2, 0.25) is 0 Å². The molecule has 0 N–H and O–H groups in total. The Balaban J connectivity index is 1.13. The minimum absolute atomic E-state index is 1.14. The first kappa shape index (κ1) is 26.8. The minimum atomic E-state index is 1.14. The topological polar surface area (TPSA) is 8.17 Å². The fourth-order valence-electron chi connectivity index (χ4n) is 7.81. The average molecular weight is 611 g/mol. The molecule has 0 atom stereocenters. The van der Waals surface area contributed by atoms with E-state index in [2.05, 4.69) is 191 Å². The number of nitrogens with zero attached hydrogens (tertiary/aromatic N) is 2. The van der Waals surface area contributed by atoms with Crippen molar-refractivity contribution >= 4 is 49.6 Å². The highest BCUT2D eigenvalue weighted by molar-refractivity contribution is 6.19. The molecule has 10 rings (SSSR count). The first-order valence-corrected chi connectivity index (χ1v) is 16.5. The Bertz CT molecular complexity index is 2610. The van der Waals surface area contributed by atoms with Gasteiger partial charge in [-0.1, -0.05) is 115 Å². The number of para-hydroxylation sites is 4. The number of hydrogen-bond donors (Lipinski definition) is 0. The molecule has 2 heteroatoms. The molecule has 224 valence electrons. The minimum Gasteiger partial charge on any atom is -0.310 e. The lowest BCUT2D eigenvalue weighted by molar-refractivity contribution is 1.18. The van der Waals surface area contributed by atoms with Crippen LogP contribution < -0.4 is 4.90 Å². The quantitative estimate of drug-likeness (QED) is 0.188. The van der Waals surface area contributed by atoms with Gasteiger partial charge in [-0.05, 0) is 105 Å². The first-order chi connectivity index (χ1) is 23.8. The molecule has 0 saturated heterocycles. The van der Waals surface area contributed by atoms with Crippen LogP contribution in [-0.2, 0) is 0 Å². The van der Waals surface area contributed by atoms with Crippen LogP contribution in [0.1, 0.15) is 0 Å². The summed E-state index contributed by atoms with van der Waals surface area (Å²) in [6, 6.07) is 66.1. The monoisotopic (exact) mass is 610 g/mol. The van der Waals surface area contributed by atoms with Crippen molar-refractivity contribution in [1.82, 2.24) is 4.57 Å². The summed E-state index contributed by atoms with van der Waals surface area (Å²) >= 11 is 0. The lowest BCUT2D eigenvalue weighted by Crippen LogP contribution is -2.10. The number of aromatic nitrogens is 1. The van der Waals surface area contributed by atoms with Crippen LogP contribution in [0.5, 0.6) is 0 Å². The van der Waals surface area contributed by atoms with E-state index in [1.165, 1.54) is 77.3 Å². The summed E-state index contributed by atoms with van der Waals surface area (Å²) in [4.78, 5) is 2.37. The average Bonchev–Trinajstić information content (AvgIpc) is 3.67. The van der Waals surface area contributed by atoms with Gasteiger partial charge in [0.25, 0.3) is 0 Å². The Labute approximate surface area is 279 Å². The van der Waals surface area contributed by atoms with E-state index in [0.29, 0.717) is 0 Å². The van der Waals surface area contributed by atoms with Crippen molar-refractivity contribution in [3.8, 4) is 39.1 Å². The maximum Gasteiger partial charge on any atom is 0.0541 e. The van der Waals surface area contributed by atoms with Gasteiger partial charge in [-0.2, -0.15) is 0 Å². The third-order valence-corrected chi connectivity index (χ3v) is 9.91. The molecule has 48 heavy (non-hydrogen) atoms. The fraction of sp³-hybridized carbons (Fsp3) is 0. The van der Waals surface area contributed by atoms with Gasteiger partial charge in [-0.25, -0.2) is 0 Å². The van der Waals surface area contributed by atoms with Gasteiger partial charge in [0.1, 0.15) is 0 Å². The summed E-state index contributed by atoms with van der Waals surface area (Å²) in [6.07, 6.45) is 0. The normalized spacial score (nSPS) is 11.8. The van der Waals surface area contributed by atoms with E-state index in [4.69, 9.17) is 0 Å². The zero-order valence-corrected chi connectivity index (χ0v) is 26.2. The van der Waals surface area contributed by atoms with Crippen molar-refractivity contribution in [3.63, 3.8) is 0 Å². The molecule has 0 spiro atoms. The molecular weight excluding hydrogens is 581 g/mol. The molecule has 8 aromatic carbocycles. The van der Waals surface area contributed by atoms with Crippen LogP contribution >= 0.6 is 0 Å². The van der Waals surface area contributed by atoms with Crippen molar-refractivity contribution in [1.29, 1.82) is 0 Å². The molecular formula is C46H30N2. The Kier molecular flexibility index (Phi) is 5.91. The maximum atomic E-state index is 2.40. The summed E-state index contributed by atoms with van der Waals surface area (Å²) < 4.78 is 2.38. The van der Waals surface area contributed by atoms with Gasteiger partial charge in [0.05, 0.1) is 16.7 Å². The van der Waals surface area contributed by atoms with Crippen LogP contribution in [-0.4, -0.2) is 4.57 Å². The van der Waals surface area contributed by atoms with E-state index < -0.39 is 0 Å². The zero-order valence-electron chi connectivity index (χ0n) is 26.2. The zero-order chi connectivity index (χ0) is 31.6. The van der Waals surface area contributed by atoms with Crippen molar-refractivity contribution in [2.75, 3.05) is 4.90 Å². The van der Waals surface area contributed by atoms with E-state index in [1.807, 2.05) is 0 Å².